The van der Waals surface area contributed by atoms with Gasteiger partial charge in [-0.3, -0.25) is 0 Å². The highest BCUT2D eigenvalue weighted by Gasteiger charge is 2.29. The van der Waals surface area contributed by atoms with E-state index in [-0.39, 0.29) is 5.88 Å². The Hall–Kier alpha value is -2.26. The number of hydrogen-bond acceptors (Lipinski definition) is 5. The minimum atomic E-state index is -4.39. The second-order valence-electron chi connectivity index (χ2n) is 3.35. The maximum Gasteiger partial charge on any atom is 0.422 e. The molecule has 0 aromatic carbocycles. The topological polar surface area (TPSA) is 80.7 Å². The Balaban J connectivity index is 2.03. The van der Waals surface area contributed by atoms with Gasteiger partial charge in [0.2, 0.25) is 11.8 Å². The number of H-pyrrole nitrogens is 1. The van der Waals surface area contributed by atoms with E-state index in [0.29, 0.717) is 11.8 Å². The first-order valence-electron chi connectivity index (χ1n) is 4.80. The molecule has 0 unspecified atom stereocenters. The van der Waals surface area contributed by atoms with Crippen LogP contribution in [0.15, 0.2) is 12.4 Å². The van der Waals surface area contributed by atoms with Crippen LogP contribution in [0.1, 0.15) is 0 Å². The Kier molecular flexibility index (Phi) is 3.08. The predicted octanol–water partition coefficient (Wildman–Crippen LogP) is 1.22. The first-order chi connectivity index (χ1) is 8.44. The van der Waals surface area contributed by atoms with Crippen molar-refractivity contribution < 1.29 is 17.9 Å². The SMILES string of the molecule is Cn1nc(OCC(F)(F)F)cc1Nc1ncn[nH]1. The van der Waals surface area contributed by atoms with Gasteiger partial charge < -0.3 is 10.1 Å². The fraction of sp³-hybridized carbons (Fsp3) is 0.375. The van der Waals surface area contributed by atoms with E-state index < -0.39 is 12.8 Å². The highest BCUT2D eigenvalue weighted by Crippen LogP contribution is 2.21. The summed E-state index contributed by atoms with van der Waals surface area (Å²) in [5, 5.41) is 12.7. The van der Waals surface area contributed by atoms with Gasteiger partial charge in [-0.05, 0) is 0 Å². The van der Waals surface area contributed by atoms with Crippen LogP contribution in [0.5, 0.6) is 5.88 Å². The smallest absolute Gasteiger partial charge is 0.422 e. The zero-order valence-electron chi connectivity index (χ0n) is 9.19. The molecule has 0 amide bonds. The lowest BCUT2D eigenvalue weighted by molar-refractivity contribution is -0.154. The number of rotatable bonds is 4. The minimum absolute atomic E-state index is 0.128. The monoisotopic (exact) mass is 262 g/mol. The van der Waals surface area contributed by atoms with E-state index in [0.717, 1.165) is 0 Å². The van der Waals surface area contributed by atoms with E-state index in [1.807, 2.05) is 0 Å². The average molecular weight is 262 g/mol. The lowest BCUT2D eigenvalue weighted by atomic mass is 10.6. The number of aromatic amines is 1. The third-order valence-electron chi connectivity index (χ3n) is 1.90. The van der Waals surface area contributed by atoms with Gasteiger partial charge in [0, 0.05) is 13.1 Å². The predicted molar refractivity (Wildman–Crippen MR) is 54.4 cm³/mol. The van der Waals surface area contributed by atoms with E-state index in [1.54, 1.807) is 7.05 Å². The number of nitrogens with zero attached hydrogens (tertiary/aromatic N) is 4. The standard InChI is InChI=1S/C8H9F3N6O/c1-17-5(14-7-12-4-13-15-7)2-6(16-17)18-3-8(9,10)11/h2,4H,3H2,1H3,(H2,12,13,14,15). The third-order valence-corrected chi connectivity index (χ3v) is 1.90. The van der Waals surface area contributed by atoms with Crippen molar-refractivity contribution in [2.24, 2.45) is 7.05 Å². The first kappa shape index (κ1) is 12.2. The molecule has 2 heterocycles. The van der Waals surface area contributed by atoms with Crippen molar-refractivity contribution in [2.75, 3.05) is 11.9 Å². The Morgan fingerprint density at radius 3 is 2.89 bits per heavy atom. The molecule has 0 aliphatic rings. The van der Waals surface area contributed by atoms with Crippen molar-refractivity contribution in [1.29, 1.82) is 0 Å². The highest BCUT2D eigenvalue weighted by atomic mass is 19.4. The highest BCUT2D eigenvalue weighted by molar-refractivity contribution is 5.49. The summed E-state index contributed by atoms with van der Waals surface area (Å²) in [5.74, 6) is 0.640. The molecule has 2 aromatic rings. The summed E-state index contributed by atoms with van der Waals surface area (Å²) in [6.07, 6.45) is -3.10. The molecule has 2 aromatic heterocycles. The van der Waals surface area contributed by atoms with Crippen LogP contribution in [0, 0.1) is 0 Å². The maximum absolute atomic E-state index is 12.0. The largest absolute Gasteiger partial charge is 0.467 e. The number of halogens is 3. The van der Waals surface area contributed by atoms with E-state index in [1.165, 1.54) is 17.1 Å². The van der Waals surface area contributed by atoms with Gasteiger partial charge in [0.25, 0.3) is 0 Å². The summed E-state index contributed by atoms with van der Waals surface area (Å²) < 4.78 is 41.7. The van der Waals surface area contributed by atoms with Crippen molar-refractivity contribution in [3.05, 3.63) is 12.4 Å². The number of aromatic nitrogens is 5. The molecule has 0 fully saturated rings. The van der Waals surface area contributed by atoms with Gasteiger partial charge in [0.05, 0.1) is 0 Å². The van der Waals surface area contributed by atoms with E-state index in [4.69, 9.17) is 0 Å². The quantitative estimate of drug-likeness (QED) is 0.866. The number of nitrogens with one attached hydrogen (secondary N) is 2. The molecular weight excluding hydrogens is 253 g/mol. The molecule has 0 bridgehead atoms. The zero-order valence-corrected chi connectivity index (χ0v) is 9.19. The van der Waals surface area contributed by atoms with Crippen molar-refractivity contribution in [1.82, 2.24) is 25.0 Å². The van der Waals surface area contributed by atoms with Crippen LogP contribution in [-0.2, 0) is 7.05 Å². The molecule has 0 aliphatic heterocycles. The van der Waals surface area contributed by atoms with Crippen molar-refractivity contribution >= 4 is 11.8 Å². The number of aryl methyl sites for hydroxylation is 1. The van der Waals surface area contributed by atoms with Gasteiger partial charge in [-0.2, -0.15) is 23.3 Å². The molecule has 0 radical (unpaired) electrons. The summed E-state index contributed by atoms with van der Waals surface area (Å²) in [6, 6.07) is 1.33. The molecule has 2 rings (SSSR count). The lowest BCUT2D eigenvalue weighted by Crippen LogP contribution is -2.19. The molecule has 0 saturated carbocycles. The van der Waals surface area contributed by atoms with Gasteiger partial charge in [0.15, 0.2) is 6.61 Å². The minimum Gasteiger partial charge on any atom is -0.467 e. The van der Waals surface area contributed by atoms with Crippen LogP contribution in [0.25, 0.3) is 0 Å². The molecular formula is C8H9F3N6O. The zero-order chi connectivity index (χ0) is 13.2. The second-order valence-corrected chi connectivity index (χ2v) is 3.35. The van der Waals surface area contributed by atoms with Gasteiger partial charge in [0.1, 0.15) is 12.1 Å². The Bertz CT molecular complexity index is 505. The van der Waals surface area contributed by atoms with Gasteiger partial charge in [-0.1, -0.05) is 0 Å². The molecule has 0 atom stereocenters. The van der Waals surface area contributed by atoms with Crippen molar-refractivity contribution in [3.63, 3.8) is 0 Å². The number of alkyl halides is 3. The van der Waals surface area contributed by atoms with Gasteiger partial charge >= 0.3 is 6.18 Å². The van der Waals surface area contributed by atoms with E-state index in [2.05, 4.69) is 30.3 Å². The van der Waals surface area contributed by atoms with Gasteiger partial charge in [-0.15, -0.1) is 5.10 Å². The van der Waals surface area contributed by atoms with E-state index in [9.17, 15) is 13.2 Å². The van der Waals surface area contributed by atoms with Crippen LogP contribution in [0.3, 0.4) is 0 Å². The van der Waals surface area contributed by atoms with Crippen LogP contribution in [-0.4, -0.2) is 37.7 Å². The summed E-state index contributed by atoms with van der Waals surface area (Å²) in [4.78, 5) is 3.81. The molecule has 2 N–H and O–H groups in total. The number of ether oxygens (including phenoxy) is 1. The van der Waals surface area contributed by atoms with Gasteiger partial charge in [-0.25, -0.2) is 9.78 Å². The maximum atomic E-state index is 12.0. The Labute approximate surface area is 99.0 Å². The summed E-state index contributed by atoms with van der Waals surface area (Å²) in [6.45, 7) is -1.38. The normalized spacial score (nSPS) is 11.6. The number of hydrogen-bond donors (Lipinski definition) is 2. The molecule has 0 spiro atoms. The molecule has 98 valence electrons. The summed E-state index contributed by atoms with van der Waals surface area (Å²) in [7, 11) is 1.55. The number of anilines is 2. The summed E-state index contributed by atoms with van der Waals surface area (Å²) in [5.41, 5.74) is 0. The Morgan fingerprint density at radius 1 is 1.50 bits per heavy atom. The lowest BCUT2D eigenvalue weighted by Gasteiger charge is -2.05. The summed E-state index contributed by atoms with van der Waals surface area (Å²) >= 11 is 0. The second kappa shape index (κ2) is 4.55. The molecule has 0 aliphatic carbocycles. The third kappa shape index (κ3) is 3.12. The molecule has 7 nitrogen and oxygen atoms in total. The Morgan fingerprint density at radius 2 is 2.28 bits per heavy atom. The van der Waals surface area contributed by atoms with Crippen LogP contribution in [0.2, 0.25) is 0 Å². The van der Waals surface area contributed by atoms with Crippen LogP contribution < -0.4 is 10.1 Å². The van der Waals surface area contributed by atoms with Crippen molar-refractivity contribution in [3.8, 4) is 5.88 Å². The average Bonchev–Trinajstić information content (AvgIpc) is 2.86. The fourth-order valence-corrected chi connectivity index (χ4v) is 1.17. The fourth-order valence-electron chi connectivity index (χ4n) is 1.17. The van der Waals surface area contributed by atoms with Crippen LogP contribution in [0.4, 0.5) is 24.9 Å². The molecule has 0 saturated heterocycles. The first-order valence-corrected chi connectivity index (χ1v) is 4.80. The van der Waals surface area contributed by atoms with Crippen molar-refractivity contribution in [2.45, 2.75) is 6.18 Å². The van der Waals surface area contributed by atoms with E-state index >= 15 is 0 Å². The molecule has 18 heavy (non-hydrogen) atoms. The molecule has 10 heteroatoms. The van der Waals surface area contributed by atoms with Crippen LogP contribution >= 0.6 is 0 Å².